The minimum Gasteiger partial charge on any atom is -0.352 e. The summed E-state index contributed by atoms with van der Waals surface area (Å²) in [4.78, 5) is 17.3. The molecule has 4 rings (SSSR count). The summed E-state index contributed by atoms with van der Waals surface area (Å²) < 4.78 is 12.5. The van der Waals surface area contributed by atoms with Gasteiger partial charge in [0.25, 0.3) is 5.91 Å². The van der Waals surface area contributed by atoms with Crippen molar-refractivity contribution in [3.8, 4) is 0 Å². The molecule has 3 heterocycles. The Hall–Kier alpha value is -2.48. The van der Waals surface area contributed by atoms with Crippen molar-refractivity contribution in [3.63, 3.8) is 0 Å². The highest BCUT2D eigenvalue weighted by Crippen LogP contribution is 2.21. The number of nitrogens with zero attached hydrogens (tertiary/aromatic N) is 3. The zero-order valence-electron chi connectivity index (χ0n) is 16.4. The van der Waals surface area contributed by atoms with Gasteiger partial charge in [0, 0.05) is 35.8 Å². The van der Waals surface area contributed by atoms with E-state index < -0.39 is 0 Å². The van der Waals surface area contributed by atoms with E-state index in [4.69, 9.17) is 21.1 Å². The fraction of sp³-hybridized carbons (Fsp3) is 0.381. The molecule has 1 N–H and O–H groups in total. The molecule has 7 nitrogen and oxygen atoms in total. The molecule has 1 aliphatic rings. The molecule has 152 valence electrons. The number of hydrogen-bond donors (Lipinski definition) is 1. The van der Waals surface area contributed by atoms with Crippen LogP contribution in [0.4, 0.5) is 0 Å². The summed E-state index contributed by atoms with van der Waals surface area (Å²) in [6.45, 7) is 5.62. The van der Waals surface area contributed by atoms with Crippen molar-refractivity contribution in [2.24, 2.45) is 0 Å². The van der Waals surface area contributed by atoms with Crippen LogP contribution in [0.2, 0.25) is 5.02 Å². The van der Waals surface area contributed by atoms with Gasteiger partial charge < -0.3 is 14.8 Å². The van der Waals surface area contributed by atoms with Gasteiger partial charge in [-0.25, -0.2) is 9.50 Å². The summed E-state index contributed by atoms with van der Waals surface area (Å²) in [5, 5.41) is 8.01. The van der Waals surface area contributed by atoms with E-state index >= 15 is 0 Å². The van der Waals surface area contributed by atoms with Crippen LogP contribution in [0.25, 0.3) is 5.65 Å². The summed E-state index contributed by atoms with van der Waals surface area (Å²) in [7, 11) is 0. The smallest absolute Gasteiger partial charge is 0.256 e. The maximum Gasteiger partial charge on any atom is 0.256 e. The number of carbonyl (C=O) groups excluding carboxylic acids is 1. The van der Waals surface area contributed by atoms with E-state index in [1.54, 1.807) is 10.7 Å². The molecule has 1 amide bonds. The topological polar surface area (TPSA) is 77.8 Å². The monoisotopic (exact) mass is 414 g/mol. The number of benzene rings is 1. The molecule has 8 heteroatoms. The van der Waals surface area contributed by atoms with Crippen molar-refractivity contribution in [1.82, 2.24) is 19.9 Å². The lowest BCUT2D eigenvalue weighted by Gasteiger charge is -2.12. The Morgan fingerprint density at radius 2 is 2.10 bits per heavy atom. The first kappa shape index (κ1) is 19.8. The van der Waals surface area contributed by atoms with Crippen LogP contribution >= 0.6 is 11.6 Å². The van der Waals surface area contributed by atoms with Gasteiger partial charge in [-0.2, -0.15) is 5.10 Å². The second-order valence-corrected chi connectivity index (χ2v) is 7.51. The molecule has 0 unspecified atom stereocenters. The number of halogens is 1. The number of hydrogen-bond acceptors (Lipinski definition) is 5. The van der Waals surface area contributed by atoms with Gasteiger partial charge in [0.15, 0.2) is 11.9 Å². The summed E-state index contributed by atoms with van der Waals surface area (Å²) >= 11 is 6.11. The third-order valence-electron chi connectivity index (χ3n) is 5.08. The van der Waals surface area contributed by atoms with Crippen LogP contribution in [-0.4, -0.2) is 46.6 Å². The molecule has 3 aromatic rings. The molecule has 0 aliphatic carbocycles. The van der Waals surface area contributed by atoms with Gasteiger partial charge in [-0.05, 0) is 37.1 Å². The number of nitrogens with one attached hydrogen (secondary N) is 1. The van der Waals surface area contributed by atoms with Crippen LogP contribution in [0.15, 0.2) is 30.5 Å². The van der Waals surface area contributed by atoms with Crippen LogP contribution in [0.5, 0.6) is 0 Å². The van der Waals surface area contributed by atoms with Gasteiger partial charge in [0.05, 0.1) is 19.4 Å². The third-order valence-corrected chi connectivity index (χ3v) is 5.31. The van der Waals surface area contributed by atoms with Crippen LogP contribution in [0, 0.1) is 13.8 Å². The van der Waals surface area contributed by atoms with E-state index in [0.29, 0.717) is 48.8 Å². The van der Waals surface area contributed by atoms with Gasteiger partial charge in [0.2, 0.25) is 0 Å². The number of ether oxygens (including phenoxy) is 2. The van der Waals surface area contributed by atoms with Gasteiger partial charge in [-0.15, -0.1) is 0 Å². The van der Waals surface area contributed by atoms with Crippen LogP contribution in [0.1, 0.15) is 39.3 Å². The summed E-state index contributed by atoms with van der Waals surface area (Å²) in [6.07, 6.45) is 2.64. The fourth-order valence-corrected chi connectivity index (χ4v) is 3.76. The number of aryl methyl sites for hydroxylation is 2. The lowest BCUT2D eigenvalue weighted by Crippen LogP contribution is -2.27. The minimum absolute atomic E-state index is 0.202. The van der Waals surface area contributed by atoms with E-state index in [-0.39, 0.29) is 12.2 Å². The van der Waals surface area contributed by atoms with Crippen molar-refractivity contribution in [2.75, 3.05) is 19.8 Å². The molecule has 0 bridgehead atoms. The highest BCUT2D eigenvalue weighted by Gasteiger charge is 2.20. The molecule has 0 saturated carbocycles. The summed E-state index contributed by atoms with van der Waals surface area (Å²) in [6, 6.07) is 7.78. The van der Waals surface area contributed by atoms with Gasteiger partial charge in [-0.1, -0.05) is 23.7 Å². The molecule has 1 saturated heterocycles. The second kappa shape index (κ2) is 8.49. The number of amides is 1. The number of aromatic nitrogens is 3. The van der Waals surface area contributed by atoms with E-state index in [1.165, 1.54) is 0 Å². The standard InChI is InChI=1S/C21H23ClN4O3/c1-13-17(11-15-4-3-5-16(22)10-15)14(2)26-20(25-13)18(12-24-26)21(27)23-7-6-19-28-8-9-29-19/h3-5,10,12,19H,6-9,11H2,1-2H3,(H,23,27). The Morgan fingerprint density at radius 3 is 2.86 bits per heavy atom. The molecule has 0 atom stereocenters. The summed E-state index contributed by atoms with van der Waals surface area (Å²) in [5.41, 5.74) is 5.02. The SMILES string of the molecule is Cc1nc2c(C(=O)NCCC3OCCO3)cnn2c(C)c1Cc1cccc(Cl)c1. The fourth-order valence-electron chi connectivity index (χ4n) is 3.55. The van der Waals surface area contributed by atoms with E-state index in [2.05, 4.69) is 15.4 Å². The van der Waals surface area contributed by atoms with E-state index in [1.807, 2.05) is 38.1 Å². The Morgan fingerprint density at radius 1 is 1.31 bits per heavy atom. The van der Waals surface area contributed by atoms with E-state index in [9.17, 15) is 4.79 Å². The molecule has 1 aromatic carbocycles. The molecule has 2 aromatic heterocycles. The Kier molecular flexibility index (Phi) is 5.80. The summed E-state index contributed by atoms with van der Waals surface area (Å²) in [5.74, 6) is -0.202. The Labute approximate surface area is 174 Å². The Bertz CT molecular complexity index is 1040. The molecular weight excluding hydrogens is 392 g/mol. The van der Waals surface area contributed by atoms with Crippen molar-refractivity contribution in [2.45, 2.75) is 33.0 Å². The first-order valence-corrected chi connectivity index (χ1v) is 10.0. The quantitative estimate of drug-likeness (QED) is 0.670. The maximum atomic E-state index is 12.6. The molecular formula is C21H23ClN4O3. The molecule has 1 aliphatic heterocycles. The van der Waals surface area contributed by atoms with Crippen molar-refractivity contribution < 1.29 is 14.3 Å². The Balaban J connectivity index is 1.54. The highest BCUT2D eigenvalue weighted by atomic mass is 35.5. The van der Waals surface area contributed by atoms with E-state index in [0.717, 1.165) is 22.5 Å². The van der Waals surface area contributed by atoms with Gasteiger partial charge in [-0.3, -0.25) is 4.79 Å². The number of carbonyl (C=O) groups is 1. The number of rotatable bonds is 6. The van der Waals surface area contributed by atoms with Gasteiger partial charge >= 0.3 is 0 Å². The lowest BCUT2D eigenvalue weighted by molar-refractivity contribution is -0.0455. The van der Waals surface area contributed by atoms with Crippen LogP contribution < -0.4 is 5.32 Å². The van der Waals surface area contributed by atoms with Crippen LogP contribution in [0.3, 0.4) is 0 Å². The third kappa shape index (κ3) is 4.27. The largest absolute Gasteiger partial charge is 0.352 e. The maximum absolute atomic E-state index is 12.6. The minimum atomic E-state index is -0.240. The second-order valence-electron chi connectivity index (χ2n) is 7.08. The predicted molar refractivity (Wildman–Crippen MR) is 109 cm³/mol. The lowest BCUT2D eigenvalue weighted by atomic mass is 10.0. The molecule has 1 fully saturated rings. The average molecular weight is 415 g/mol. The van der Waals surface area contributed by atoms with Crippen LogP contribution in [-0.2, 0) is 15.9 Å². The normalized spacial score (nSPS) is 14.6. The molecule has 0 spiro atoms. The predicted octanol–water partition coefficient (Wildman–Crippen LogP) is 3.08. The molecule has 0 radical (unpaired) electrons. The number of fused-ring (bicyclic) bond motifs is 1. The first-order chi connectivity index (χ1) is 14.0. The van der Waals surface area contributed by atoms with Crippen molar-refractivity contribution in [1.29, 1.82) is 0 Å². The highest BCUT2D eigenvalue weighted by molar-refractivity contribution is 6.30. The first-order valence-electron chi connectivity index (χ1n) is 9.62. The average Bonchev–Trinajstić information content (AvgIpc) is 3.35. The van der Waals surface area contributed by atoms with Crippen molar-refractivity contribution >= 4 is 23.2 Å². The zero-order valence-corrected chi connectivity index (χ0v) is 17.2. The zero-order chi connectivity index (χ0) is 20.4. The molecule has 29 heavy (non-hydrogen) atoms. The van der Waals surface area contributed by atoms with Crippen molar-refractivity contribution in [3.05, 3.63) is 63.6 Å². The van der Waals surface area contributed by atoms with Gasteiger partial charge in [0.1, 0.15) is 5.56 Å².